The lowest BCUT2D eigenvalue weighted by Crippen LogP contribution is -2.46. The van der Waals surface area contributed by atoms with Gasteiger partial charge in [-0.3, -0.25) is 4.79 Å². The van der Waals surface area contributed by atoms with E-state index in [2.05, 4.69) is 12.2 Å². The van der Waals surface area contributed by atoms with Gasteiger partial charge in [-0.05, 0) is 43.9 Å². The van der Waals surface area contributed by atoms with E-state index in [9.17, 15) is 14.0 Å². The minimum atomic E-state index is -0.933. The molecule has 3 atom stereocenters. The molecule has 4 nitrogen and oxygen atoms in total. The van der Waals surface area contributed by atoms with E-state index in [1.807, 2.05) is 0 Å². The largest absolute Gasteiger partial charge is 0.449 e. The van der Waals surface area contributed by atoms with Gasteiger partial charge in [-0.1, -0.05) is 31.4 Å². The number of benzene rings is 1. The van der Waals surface area contributed by atoms with Crippen LogP contribution >= 0.6 is 11.6 Å². The molecule has 1 aliphatic carbocycles. The Kier molecular flexibility index (Phi) is 5.99. The van der Waals surface area contributed by atoms with Gasteiger partial charge in [0, 0.05) is 6.04 Å². The zero-order chi connectivity index (χ0) is 17.0. The van der Waals surface area contributed by atoms with Crippen LogP contribution < -0.4 is 5.32 Å². The van der Waals surface area contributed by atoms with Gasteiger partial charge in [0.2, 0.25) is 0 Å². The Labute approximate surface area is 140 Å². The van der Waals surface area contributed by atoms with Crippen LogP contribution in [-0.2, 0) is 9.53 Å². The predicted octanol–water partition coefficient (Wildman–Crippen LogP) is 3.72. The zero-order valence-corrected chi connectivity index (χ0v) is 14.0. The molecule has 2 rings (SSSR count). The molecule has 0 heterocycles. The second kappa shape index (κ2) is 7.77. The smallest absolute Gasteiger partial charge is 0.340 e. The Morgan fingerprint density at radius 2 is 2.04 bits per heavy atom. The first-order chi connectivity index (χ1) is 10.9. The fourth-order valence-corrected chi connectivity index (χ4v) is 3.01. The lowest BCUT2D eigenvalue weighted by molar-refractivity contribution is -0.130. The molecular weight excluding hydrogens is 321 g/mol. The maximum Gasteiger partial charge on any atom is 0.340 e. The van der Waals surface area contributed by atoms with E-state index in [0.29, 0.717) is 5.92 Å². The van der Waals surface area contributed by atoms with Gasteiger partial charge in [0.25, 0.3) is 5.91 Å². The molecule has 1 amide bonds. The van der Waals surface area contributed by atoms with Crippen molar-refractivity contribution < 1.29 is 18.7 Å². The number of rotatable bonds is 4. The van der Waals surface area contributed by atoms with Gasteiger partial charge >= 0.3 is 5.97 Å². The number of hydrogen-bond donors (Lipinski definition) is 1. The SMILES string of the molecule is C[C@@H]1CCCC[C@H]1NC(=O)[C@@H](C)OC(=O)c1ccc(F)cc1Cl. The zero-order valence-electron chi connectivity index (χ0n) is 13.3. The maximum atomic E-state index is 13.0. The summed E-state index contributed by atoms with van der Waals surface area (Å²) in [6.45, 7) is 3.62. The molecule has 0 saturated heterocycles. The molecule has 126 valence electrons. The highest BCUT2D eigenvalue weighted by Crippen LogP contribution is 2.24. The molecule has 23 heavy (non-hydrogen) atoms. The first-order valence-corrected chi connectivity index (χ1v) is 8.22. The Bertz CT molecular complexity index is 593. The number of carbonyl (C=O) groups is 2. The predicted molar refractivity (Wildman–Crippen MR) is 85.9 cm³/mol. The van der Waals surface area contributed by atoms with Gasteiger partial charge in [0.1, 0.15) is 5.82 Å². The molecule has 1 saturated carbocycles. The van der Waals surface area contributed by atoms with Gasteiger partial charge in [-0.15, -0.1) is 0 Å². The number of carbonyl (C=O) groups excluding carboxylic acids is 2. The average molecular weight is 342 g/mol. The van der Waals surface area contributed by atoms with Crippen molar-refractivity contribution in [2.24, 2.45) is 5.92 Å². The summed E-state index contributed by atoms with van der Waals surface area (Å²) < 4.78 is 18.1. The highest BCUT2D eigenvalue weighted by Gasteiger charge is 2.27. The van der Waals surface area contributed by atoms with Gasteiger partial charge in [0.15, 0.2) is 6.10 Å². The summed E-state index contributed by atoms with van der Waals surface area (Å²) >= 11 is 5.82. The van der Waals surface area contributed by atoms with Crippen LogP contribution in [0.15, 0.2) is 18.2 Å². The molecule has 0 aromatic heterocycles. The Balaban J connectivity index is 1.93. The van der Waals surface area contributed by atoms with Crippen LogP contribution in [0.1, 0.15) is 49.9 Å². The van der Waals surface area contributed by atoms with E-state index >= 15 is 0 Å². The molecule has 6 heteroatoms. The van der Waals surface area contributed by atoms with E-state index in [4.69, 9.17) is 16.3 Å². The second-order valence-electron chi connectivity index (χ2n) is 6.05. The topological polar surface area (TPSA) is 55.4 Å². The van der Waals surface area contributed by atoms with Crippen LogP contribution in [0.25, 0.3) is 0 Å². The average Bonchev–Trinajstić information content (AvgIpc) is 2.49. The van der Waals surface area contributed by atoms with Gasteiger partial charge in [0.05, 0.1) is 10.6 Å². The molecule has 1 N–H and O–H groups in total. The van der Waals surface area contributed by atoms with Crippen molar-refractivity contribution in [1.82, 2.24) is 5.32 Å². The Hall–Kier alpha value is -1.62. The number of nitrogens with one attached hydrogen (secondary N) is 1. The molecule has 0 spiro atoms. The van der Waals surface area contributed by atoms with Crippen molar-refractivity contribution in [3.63, 3.8) is 0 Å². The number of amides is 1. The van der Waals surface area contributed by atoms with Crippen molar-refractivity contribution in [2.45, 2.75) is 51.7 Å². The normalized spacial score (nSPS) is 22.3. The summed E-state index contributed by atoms with van der Waals surface area (Å²) in [5, 5.41) is 2.90. The van der Waals surface area contributed by atoms with Gasteiger partial charge in [-0.2, -0.15) is 0 Å². The number of halogens is 2. The maximum absolute atomic E-state index is 13.0. The molecule has 0 radical (unpaired) electrons. The van der Waals surface area contributed by atoms with Crippen LogP contribution in [0.5, 0.6) is 0 Å². The third kappa shape index (κ3) is 4.67. The summed E-state index contributed by atoms with van der Waals surface area (Å²) in [5.41, 5.74) is 0.0405. The number of ether oxygens (including phenoxy) is 1. The van der Waals surface area contributed by atoms with Crippen molar-refractivity contribution in [1.29, 1.82) is 0 Å². The van der Waals surface area contributed by atoms with Gasteiger partial charge in [-0.25, -0.2) is 9.18 Å². The molecule has 0 unspecified atom stereocenters. The van der Waals surface area contributed by atoms with E-state index in [1.54, 1.807) is 0 Å². The van der Waals surface area contributed by atoms with Crippen LogP contribution in [0.2, 0.25) is 5.02 Å². The minimum Gasteiger partial charge on any atom is -0.449 e. The molecule has 0 aliphatic heterocycles. The standard InChI is InChI=1S/C17H21ClFNO3/c1-10-5-3-4-6-15(10)20-16(21)11(2)23-17(22)13-8-7-12(19)9-14(13)18/h7-11,15H,3-6H2,1-2H3,(H,20,21)/t10-,11-,15-/m1/s1. The molecular formula is C17H21ClFNO3. The van der Waals surface area contributed by atoms with Gasteiger partial charge < -0.3 is 10.1 Å². The molecule has 1 aromatic rings. The second-order valence-corrected chi connectivity index (χ2v) is 6.46. The van der Waals surface area contributed by atoms with E-state index in [-0.39, 0.29) is 22.5 Å². The highest BCUT2D eigenvalue weighted by atomic mass is 35.5. The Morgan fingerprint density at radius 3 is 2.70 bits per heavy atom. The summed E-state index contributed by atoms with van der Waals surface area (Å²) in [6, 6.07) is 3.52. The van der Waals surface area contributed by atoms with Crippen molar-refractivity contribution in [2.75, 3.05) is 0 Å². The van der Waals surface area contributed by atoms with Crippen LogP contribution in [0, 0.1) is 11.7 Å². The van der Waals surface area contributed by atoms with Crippen LogP contribution in [0.3, 0.4) is 0 Å². The lowest BCUT2D eigenvalue weighted by atomic mass is 9.86. The fraction of sp³-hybridized carbons (Fsp3) is 0.529. The summed E-state index contributed by atoms with van der Waals surface area (Å²) in [5.74, 6) is -1.18. The number of esters is 1. The third-order valence-electron chi connectivity index (χ3n) is 4.24. The lowest BCUT2D eigenvalue weighted by Gasteiger charge is -2.30. The molecule has 1 aromatic carbocycles. The summed E-state index contributed by atoms with van der Waals surface area (Å²) in [6.07, 6.45) is 3.37. The Morgan fingerprint density at radius 1 is 1.35 bits per heavy atom. The molecule has 1 aliphatic rings. The van der Waals surface area contributed by atoms with Crippen LogP contribution in [0.4, 0.5) is 4.39 Å². The van der Waals surface area contributed by atoms with E-state index in [1.165, 1.54) is 19.4 Å². The summed E-state index contributed by atoms with van der Waals surface area (Å²) in [4.78, 5) is 24.2. The summed E-state index contributed by atoms with van der Waals surface area (Å²) in [7, 11) is 0. The fourth-order valence-electron chi connectivity index (χ4n) is 2.76. The minimum absolute atomic E-state index is 0.0384. The molecule has 0 bridgehead atoms. The van der Waals surface area contributed by atoms with Crippen LogP contribution in [-0.4, -0.2) is 24.0 Å². The quantitative estimate of drug-likeness (QED) is 0.849. The van der Waals surface area contributed by atoms with E-state index in [0.717, 1.165) is 31.4 Å². The first-order valence-electron chi connectivity index (χ1n) is 7.85. The van der Waals surface area contributed by atoms with Crippen molar-refractivity contribution in [3.05, 3.63) is 34.6 Å². The monoisotopic (exact) mass is 341 g/mol. The van der Waals surface area contributed by atoms with E-state index < -0.39 is 17.9 Å². The first kappa shape index (κ1) is 17.7. The number of hydrogen-bond acceptors (Lipinski definition) is 3. The highest BCUT2D eigenvalue weighted by molar-refractivity contribution is 6.33. The third-order valence-corrected chi connectivity index (χ3v) is 4.56. The van der Waals surface area contributed by atoms with Crippen molar-refractivity contribution in [3.8, 4) is 0 Å². The van der Waals surface area contributed by atoms with Crippen molar-refractivity contribution >= 4 is 23.5 Å². The molecule has 1 fully saturated rings.